The summed E-state index contributed by atoms with van der Waals surface area (Å²) in [5.74, 6) is 0. The van der Waals surface area contributed by atoms with Crippen molar-refractivity contribution in [2.75, 3.05) is 13.2 Å². The van der Waals surface area contributed by atoms with Crippen molar-refractivity contribution in [3.63, 3.8) is 0 Å². The highest BCUT2D eigenvalue weighted by Gasteiger charge is 2.13. The highest BCUT2D eigenvalue weighted by atomic mass is 32.1. The van der Waals surface area contributed by atoms with Crippen molar-refractivity contribution in [3.8, 4) is 0 Å². The molecule has 0 aromatic carbocycles. The van der Waals surface area contributed by atoms with Gasteiger partial charge in [-0.15, -0.1) is 0 Å². The summed E-state index contributed by atoms with van der Waals surface area (Å²) < 4.78 is 10.2. The Morgan fingerprint density at radius 3 is 2.83 bits per heavy atom. The lowest BCUT2D eigenvalue weighted by Gasteiger charge is -2.06. The van der Waals surface area contributed by atoms with Crippen LogP contribution < -0.4 is 0 Å². The van der Waals surface area contributed by atoms with Gasteiger partial charge in [0.2, 0.25) is 0 Å². The summed E-state index contributed by atoms with van der Waals surface area (Å²) in [6.45, 7) is 9.35. The predicted octanol–water partition coefficient (Wildman–Crippen LogP) is 2.65. The molecular formula is C12H20N4OS. The maximum atomic E-state index is 5.38. The summed E-state index contributed by atoms with van der Waals surface area (Å²) in [6.07, 6.45) is 0.961. The minimum absolute atomic E-state index is 0.764. The smallest absolute Gasteiger partial charge is 0.179 e. The molecule has 5 nitrogen and oxygen atoms in total. The summed E-state index contributed by atoms with van der Waals surface area (Å²) in [5.41, 5.74) is 3.15. The van der Waals surface area contributed by atoms with Gasteiger partial charge in [0, 0.05) is 26.3 Å². The number of hydrogen-bond acceptors (Lipinski definition) is 3. The van der Waals surface area contributed by atoms with Crippen LogP contribution in [0.5, 0.6) is 0 Å². The molecule has 0 amide bonds. The molecule has 0 bridgehead atoms. The second-order valence-electron chi connectivity index (χ2n) is 4.23. The van der Waals surface area contributed by atoms with Crippen LogP contribution >= 0.6 is 12.2 Å². The van der Waals surface area contributed by atoms with Crippen LogP contribution in [-0.4, -0.2) is 32.5 Å². The number of H-pyrrole nitrogens is 1. The van der Waals surface area contributed by atoms with Gasteiger partial charge < -0.3 is 14.3 Å². The molecule has 100 valence electrons. The highest BCUT2D eigenvalue weighted by Crippen LogP contribution is 2.18. The van der Waals surface area contributed by atoms with Gasteiger partial charge in [-0.05, 0) is 39.4 Å². The zero-order valence-corrected chi connectivity index (χ0v) is 12.0. The Morgan fingerprint density at radius 2 is 2.17 bits per heavy atom. The molecule has 0 aliphatic carbocycles. The van der Waals surface area contributed by atoms with Crippen LogP contribution in [0.25, 0.3) is 11.2 Å². The topological polar surface area (TPSA) is 47.8 Å². The number of hydrogen-bond donors (Lipinski definition) is 1. The lowest BCUT2D eigenvalue weighted by Crippen LogP contribution is -2.07. The Hall–Kier alpha value is -1.14. The first-order valence-corrected chi connectivity index (χ1v) is 6.83. The first kappa shape index (κ1) is 13.3. The van der Waals surface area contributed by atoms with E-state index in [0.29, 0.717) is 0 Å². The number of imidazole rings is 1. The molecule has 0 spiro atoms. The molecule has 2 aromatic rings. The fourth-order valence-electron chi connectivity index (χ4n) is 2.16. The first-order valence-electron chi connectivity index (χ1n) is 6.42. The average Bonchev–Trinajstić information content (AvgIpc) is 2.83. The molecule has 0 atom stereocenters. The maximum Gasteiger partial charge on any atom is 0.179 e. The lowest BCUT2D eigenvalue weighted by molar-refractivity contribution is 0.141. The summed E-state index contributed by atoms with van der Waals surface area (Å²) in [7, 11) is 0. The largest absolute Gasteiger partial charge is 0.382 e. The van der Waals surface area contributed by atoms with E-state index in [9.17, 15) is 0 Å². The minimum atomic E-state index is 0.764. The molecule has 0 aliphatic heterocycles. The fourth-order valence-corrected chi connectivity index (χ4v) is 2.44. The molecule has 0 unspecified atom stereocenters. The molecule has 18 heavy (non-hydrogen) atoms. The summed E-state index contributed by atoms with van der Waals surface area (Å²) >= 11 is 5.38. The van der Waals surface area contributed by atoms with Gasteiger partial charge in [-0.25, -0.2) is 4.68 Å². The maximum absolute atomic E-state index is 5.38. The van der Waals surface area contributed by atoms with Crippen molar-refractivity contribution in [2.24, 2.45) is 0 Å². The Kier molecular flexibility index (Phi) is 4.19. The first-order chi connectivity index (χ1) is 8.69. The number of aryl methyl sites for hydroxylation is 3. The van der Waals surface area contributed by atoms with Gasteiger partial charge in [-0.1, -0.05) is 0 Å². The zero-order valence-electron chi connectivity index (χ0n) is 11.2. The minimum Gasteiger partial charge on any atom is -0.382 e. The van der Waals surface area contributed by atoms with E-state index in [0.717, 1.165) is 54.4 Å². The van der Waals surface area contributed by atoms with Crippen molar-refractivity contribution in [3.05, 3.63) is 10.5 Å². The molecular weight excluding hydrogens is 248 g/mol. The molecule has 6 heteroatoms. The second kappa shape index (κ2) is 5.67. The number of nitrogens with one attached hydrogen (secondary N) is 1. The van der Waals surface area contributed by atoms with E-state index < -0.39 is 0 Å². The highest BCUT2D eigenvalue weighted by molar-refractivity contribution is 7.71. The normalized spacial score (nSPS) is 11.5. The third-order valence-electron chi connectivity index (χ3n) is 3.01. The molecule has 0 radical (unpaired) electrons. The third-order valence-corrected chi connectivity index (χ3v) is 3.33. The van der Waals surface area contributed by atoms with E-state index in [1.54, 1.807) is 0 Å². The van der Waals surface area contributed by atoms with Crippen LogP contribution in [0.4, 0.5) is 0 Å². The summed E-state index contributed by atoms with van der Waals surface area (Å²) in [4.78, 5) is 3.24. The number of aromatic nitrogens is 4. The van der Waals surface area contributed by atoms with Crippen LogP contribution in [0, 0.1) is 11.7 Å². The van der Waals surface area contributed by atoms with Crippen molar-refractivity contribution >= 4 is 23.4 Å². The Bertz CT molecular complexity index is 581. The second-order valence-corrected chi connectivity index (χ2v) is 4.62. The van der Waals surface area contributed by atoms with Crippen LogP contribution in [0.1, 0.15) is 26.0 Å². The van der Waals surface area contributed by atoms with Crippen molar-refractivity contribution in [1.82, 2.24) is 19.3 Å². The van der Waals surface area contributed by atoms with E-state index in [-0.39, 0.29) is 0 Å². The van der Waals surface area contributed by atoms with Crippen LogP contribution in [0.2, 0.25) is 0 Å². The van der Waals surface area contributed by atoms with Gasteiger partial charge in [0.15, 0.2) is 10.4 Å². The standard InChI is InChI=1S/C12H20N4OS/c1-4-16-11-10(9(3)14-16)13-12(18)15(11)7-6-8-17-5-2/h4-8H2,1-3H3,(H,13,18). The van der Waals surface area contributed by atoms with E-state index in [4.69, 9.17) is 17.0 Å². The Labute approximate surface area is 112 Å². The zero-order chi connectivity index (χ0) is 13.1. The van der Waals surface area contributed by atoms with Crippen LogP contribution in [-0.2, 0) is 17.8 Å². The lowest BCUT2D eigenvalue weighted by atomic mass is 10.4. The van der Waals surface area contributed by atoms with Crippen molar-refractivity contribution in [1.29, 1.82) is 0 Å². The number of nitrogens with zero attached hydrogens (tertiary/aromatic N) is 3. The summed E-state index contributed by atoms with van der Waals surface area (Å²) in [6, 6.07) is 0. The van der Waals surface area contributed by atoms with E-state index in [1.165, 1.54) is 0 Å². The molecule has 0 saturated heterocycles. The predicted molar refractivity (Wildman–Crippen MR) is 74.4 cm³/mol. The van der Waals surface area contributed by atoms with E-state index in [1.807, 2.05) is 18.5 Å². The number of fused-ring (bicyclic) bond motifs is 1. The summed E-state index contributed by atoms with van der Waals surface area (Å²) in [5, 5.41) is 4.50. The SMILES string of the molecule is CCOCCCn1c(=S)[nH]c2c(C)nn(CC)c21. The van der Waals surface area contributed by atoms with E-state index in [2.05, 4.69) is 21.6 Å². The van der Waals surface area contributed by atoms with Gasteiger partial charge in [0.05, 0.1) is 5.69 Å². The van der Waals surface area contributed by atoms with Crippen LogP contribution in [0.3, 0.4) is 0 Å². The average molecular weight is 268 g/mol. The van der Waals surface area contributed by atoms with Gasteiger partial charge in [-0.3, -0.25) is 0 Å². The molecule has 0 aliphatic rings. The van der Waals surface area contributed by atoms with Gasteiger partial charge in [0.1, 0.15) is 5.52 Å². The number of ether oxygens (including phenoxy) is 1. The van der Waals surface area contributed by atoms with Crippen molar-refractivity contribution < 1.29 is 4.74 Å². The van der Waals surface area contributed by atoms with Crippen molar-refractivity contribution in [2.45, 2.75) is 40.3 Å². The van der Waals surface area contributed by atoms with Gasteiger partial charge in [0.25, 0.3) is 0 Å². The monoisotopic (exact) mass is 268 g/mol. The Morgan fingerprint density at radius 1 is 1.39 bits per heavy atom. The molecule has 0 fully saturated rings. The Balaban J connectivity index is 2.31. The van der Waals surface area contributed by atoms with Gasteiger partial charge in [-0.2, -0.15) is 5.10 Å². The third kappa shape index (κ3) is 2.35. The van der Waals surface area contributed by atoms with Crippen LogP contribution in [0.15, 0.2) is 0 Å². The molecule has 2 heterocycles. The molecule has 1 N–H and O–H groups in total. The quantitative estimate of drug-likeness (QED) is 0.647. The van der Waals surface area contributed by atoms with Gasteiger partial charge >= 0.3 is 0 Å². The fraction of sp³-hybridized carbons (Fsp3) is 0.667. The van der Waals surface area contributed by atoms with E-state index >= 15 is 0 Å². The molecule has 0 saturated carbocycles. The molecule has 2 rings (SSSR count). The number of aromatic amines is 1. The number of rotatable bonds is 6. The molecule has 2 aromatic heterocycles.